The highest BCUT2D eigenvalue weighted by Gasteiger charge is 2.47. The van der Waals surface area contributed by atoms with E-state index in [0.29, 0.717) is 23.3 Å². The van der Waals surface area contributed by atoms with Crippen LogP contribution in [0.2, 0.25) is 0 Å². The van der Waals surface area contributed by atoms with Crippen molar-refractivity contribution in [3.05, 3.63) is 77.8 Å². The van der Waals surface area contributed by atoms with Gasteiger partial charge in [0.25, 0.3) is 0 Å². The van der Waals surface area contributed by atoms with Gasteiger partial charge in [-0.05, 0) is 86.0 Å². The van der Waals surface area contributed by atoms with Crippen molar-refractivity contribution in [2.75, 3.05) is 0 Å². The highest BCUT2D eigenvalue weighted by Crippen LogP contribution is 2.59. The van der Waals surface area contributed by atoms with Crippen LogP contribution in [0.25, 0.3) is 11.3 Å². The van der Waals surface area contributed by atoms with Gasteiger partial charge in [-0.3, -0.25) is 0 Å². The lowest BCUT2D eigenvalue weighted by Gasteiger charge is -2.52. The lowest BCUT2D eigenvalue weighted by atomic mass is 9.53. The number of benzene rings is 2. The van der Waals surface area contributed by atoms with E-state index in [4.69, 9.17) is 0 Å². The first-order valence-corrected chi connectivity index (χ1v) is 11.8. The Balaban J connectivity index is 1.10. The van der Waals surface area contributed by atoms with Crippen molar-refractivity contribution >= 4 is 0 Å². The van der Waals surface area contributed by atoms with Gasteiger partial charge >= 0.3 is 0 Å². The minimum atomic E-state index is -0.453. The summed E-state index contributed by atoms with van der Waals surface area (Å²) in [4.78, 5) is 4.26. The number of hydrogen-bond donors (Lipinski definition) is 1. The Labute approximate surface area is 187 Å². The number of rotatable bonds is 4. The van der Waals surface area contributed by atoms with Crippen LogP contribution in [0.15, 0.2) is 55.0 Å². The highest BCUT2D eigenvalue weighted by atomic mass is 19.1. The normalized spacial score (nSPS) is 29.4. The van der Waals surface area contributed by atoms with Crippen molar-refractivity contribution in [2.24, 2.45) is 11.3 Å². The van der Waals surface area contributed by atoms with Crippen LogP contribution < -0.4 is 0 Å². The summed E-state index contributed by atoms with van der Waals surface area (Å²) in [5.74, 6) is 0.417. The van der Waals surface area contributed by atoms with Gasteiger partial charge in [0, 0.05) is 11.1 Å². The molecule has 3 nitrogen and oxygen atoms in total. The van der Waals surface area contributed by atoms with E-state index >= 15 is 0 Å². The Morgan fingerprint density at radius 3 is 2.56 bits per heavy atom. The molecule has 0 radical (unpaired) electrons. The summed E-state index contributed by atoms with van der Waals surface area (Å²) in [6, 6.07) is 12.0. The van der Waals surface area contributed by atoms with Gasteiger partial charge in [0.1, 0.15) is 11.6 Å². The average Bonchev–Trinajstić information content (AvgIpc) is 3.36. The molecule has 6 rings (SSSR count). The van der Waals surface area contributed by atoms with Gasteiger partial charge in [-0.15, -0.1) is 0 Å². The number of imidazole rings is 1. The monoisotopic (exact) mass is 434 g/mol. The van der Waals surface area contributed by atoms with Gasteiger partial charge < -0.3 is 9.67 Å². The first-order chi connectivity index (χ1) is 15.5. The first kappa shape index (κ1) is 20.1. The minimum absolute atomic E-state index is 0.176. The van der Waals surface area contributed by atoms with Crippen LogP contribution in [-0.2, 0) is 0 Å². The third kappa shape index (κ3) is 3.21. The van der Waals surface area contributed by atoms with Gasteiger partial charge in [-0.1, -0.05) is 24.3 Å². The predicted octanol–water partition coefficient (Wildman–Crippen LogP) is 6.24. The molecule has 0 saturated heterocycles. The molecule has 3 aliphatic rings. The predicted molar refractivity (Wildman–Crippen MR) is 119 cm³/mol. The van der Waals surface area contributed by atoms with Crippen LogP contribution in [-0.4, -0.2) is 20.8 Å². The maximum absolute atomic E-state index is 14.7. The minimum Gasteiger partial charge on any atom is -0.393 e. The molecule has 5 heteroatoms. The van der Waals surface area contributed by atoms with E-state index in [1.54, 1.807) is 30.7 Å². The summed E-state index contributed by atoms with van der Waals surface area (Å²) in [5.41, 5.74) is 4.15. The Hall–Kier alpha value is -2.53. The molecule has 0 amide bonds. The zero-order valence-electron chi connectivity index (χ0n) is 18.1. The van der Waals surface area contributed by atoms with Gasteiger partial charge in [-0.25, -0.2) is 13.8 Å². The molecule has 0 bridgehead atoms. The Morgan fingerprint density at radius 2 is 1.81 bits per heavy atom. The van der Waals surface area contributed by atoms with Crippen molar-refractivity contribution in [2.45, 2.75) is 63.0 Å². The summed E-state index contributed by atoms with van der Waals surface area (Å²) in [5, 5.41) is 11.1. The molecular weight excluding hydrogens is 406 g/mol. The number of halogens is 2. The molecule has 2 unspecified atom stereocenters. The van der Waals surface area contributed by atoms with E-state index < -0.39 is 6.10 Å². The standard InChI is InChI=1S/C27H28F2N2O/c28-20-6-4-17(5-7-20)19-13-27(14-19)10-8-18(9-11-27)25(32)12-23-26-21(2-1-3-22(26)29)24-15-30-16-31(23)24/h1-7,15-16,18-19,23,25,32H,8-14H2. The fourth-order valence-corrected chi connectivity index (χ4v) is 6.65. The Bertz CT molecular complexity index is 1120. The first-order valence-electron chi connectivity index (χ1n) is 11.8. The molecule has 166 valence electrons. The van der Waals surface area contributed by atoms with Crippen molar-refractivity contribution in [3.8, 4) is 11.3 Å². The topological polar surface area (TPSA) is 38.1 Å². The van der Waals surface area contributed by atoms with Crippen LogP contribution in [0.5, 0.6) is 0 Å². The van der Waals surface area contributed by atoms with E-state index in [2.05, 4.69) is 4.98 Å². The van der Waals surface area contributed by atoms with Crippen molar-refractivity contribution in [1.29, 1.82) is 0 Å². The van der Waals surface area contributed by atoms with Crippen LogP contribution in [0.3, 0.4) is 0 Å². The highest BCUT2D eigenvalue weighted by molar-refractivity contribution is 5.69. The van der Waals surface area contributed by atoms with Crippen molar-refractivity contribution < 1.29 is 13.9 Å². The van der Waals surface area contributed by atoms with Gasteiger partial charge in [-0.2, -0.15) is 0 Å². The smallest absolute Gasteiger partial charge is 0.129 e. The Morgan fingerprint density at radius 1 is 1.06 bits per heavy atom. The summed E-state index contributed by atoms with van der Waals surface area (Å²) in [6.07, 6.45) is 10.3. The molecule has 1 N–H and O–H groups in total. The number of aliphatic hydroxyl groups excluding tert-OH is 1. The third-order valence-electron chi connectivity index (χ3n) is 8.46. The Kier molecular flexibility index (Phi) is 4.72. The van der Waals surface area contributed by atoms with E-state index in [9.17, 15) is 13.9 Å². The van der Waals surface area contributed by atoms with E-state index in [1.165, 1.54) is 24.5 Å². The molecule has 1 aromatic heterocycles. The third-order valence-corrected chi connectivity index (χ3v) is 8.46. The number of hydrogen-bond acceptors (Lipinski definition) is 2. The SMILES string of the molecule is OC(CC1c2c(F)cccc2-c2cncn21)C1CCC2(CC1)CC(c1ccc(F)cc1)C2. The average molecular weight is 435 g/mol. The zero-order valence-corrected chi connectivity index (χ0v) is 18.1. The molecule has 3 aromatic rings. The quantitative estimate of drug-likeness (QED) is 0.528. The second kappa shape index (κ2) is 7.51. The number of nitrogens with zero attached hydrogens (tertiary/aromatic N) is 2. The van der Waals surface area contributed by atoms with Crippen molar-refractivity contribution in [1.82, 2.24) is 9.55 Å². The fraction of sp³-hybridized carbons (Fsp3) is 0.444. The molecule has 2 aliphatic carbocycles. The lowest BCUT2D eigenvalue weighted by Crippen LogP contribution is -2.41. The summed E-state index contributed by atoms with van der Waals surface area (Å²) in [6.45, 7) is 0. The second-order valence-electron chi connectivity index (χ2n) is 10.2. The van der Waals surface area contributed by atoms with Gasteiger partial charge in [0.2, 0.25) is 0 Å². The summed E-state index contributed by atoms with van der Waals surface area (Å²) >= 11 is 0. The zero-order chi connectivity index (χ0) is 21.9. The van der Waals surface area contributed by atoms with Gasteiger partial charge in [0.15, 0.2) is 0 Å². The van der Waals surface area contributed by atoms with Gasteiger partial charge in [0.05, 0.1) is 30.4 Å². The van der Waals surface area contributed by atoms with Crippen molar-refractivity contribution in [3.63, 3.8) is 0 Å². The van der Waals surface area contributed by atoms with E-state index in [1.807, 2.05) is 22.8 Å². The molecule has 1 aliphatic heterocycles. The number of aliphatic hydroxyl groups is 1. The van der Waals surface area contributed by atoms with Crippen LogP contribution in [0.1, 0.15) is 68.0 Å². The molecule has 2 saturated carbocycles. The number of aromatic nitrogens is 2. The molecule has 2 atom stereocenters. The summed E-state index contributed by atoms with van der Waals surface area (Å²) in [7, 11) is 0. The van der Waals surface area contributed by atoms with Crippen LogP contribution in [0.4, 0.5) is 8.78 Å². The maximum Gasteiger partial charge on any atom is 0.129 e. The van der Waals surface area contributed by atoms with Crippen LogP contribution in [0, 0.1) is 23.0 Å². The fourth-order valence-electron chi connectivity index (χ4n) is 6.65. The molecule has 2 fully saturated rings. The molecule has 2 aromatic carbocycles. The van der Waals surface area contributed by atoms with E-state index in [-0.39, 0.29) is 23.6 Å². The second-order valence-corrected chi connectivity index (χ2v) is 10.2. The number of fused-ring (bicyclic) bond motifs is 3. The lowest BCUT2D eigenvalue weighted by molar-refractivity contribution is -0.00850. The molecular formula is C27H28F2N2O. The maximum atomic E-state index is 14.7. The van der Waals surface area contributed by atoms with Crippen LogP contribution >= 0.6 is 0 Å². The summed E-state index contributed by atoms with van der Waals surface area (Å²) < 4.78 is 29.9. The molecule has 2 heterocycles. The largest absolute Gasteiger partial charge is 0.393 e. The van der Waals surface area contributed by atoms with E-state index in [0.717, 1.165) is 36.9 Å². The molecule has 1 spiro atoms. The molecule has 32 heavy (non-hydrogen) atoms.